The Morgan fingerprint density at radius 2 is 1.68 bits per heavy atom. The number of benzene rings is 1. The van der Waals surface area contributed by atoms with Gasteiger partial charge in [0.2, 0.25) is 0 Å². The van der Waals surface area contributed by atoms with Gasteiger partial charge >= 0.3 is 12.0 Å². The van der Waals surface area contributed by atoms with Crippen LogP contribution in [-0.4, -0.2) is 33.1 Å². The summed E-state index contributed by atoms with van der Waals surface area (Å²) in [6.45, 7) is 1.93. The number of hydrogen-bond acceptors (Lipinski definition) is 5. The molecule has 0 saturated heterocycles. The van der Waals surface area contributed by atoms with E-state index >= 15 is 0 Å². The van der Waals surface area contributed by atoms with Crippen LogP contribution in [-0.2, 0) is 14.8 Å². The summed E-state index contributed by atoms with van der Waals surface area (Å²) >= 11 is 0. The lowest BCUT2D eigenvalue weighted by atomic mass is 10.1. The van der Waals surface area contributed by atoms with Crippen LogP contribution in [0.4, 0.5) is 4.79 Å². The Morgan fingerprint density at radius 1 is 1.08 bits per heavy atom. The van der Waals surface area contributed by atoms with Gasteiger partial charge in [-0.25, -0.2) is 22.7 Å². The molecule has 7 nitrogen and oxygen atoms in total. The predicted octanol–water partition coefficient (Wildman–Crippen LogP) is 2.57. The van der Waals surface area contributed by atoms with Crippen LogP contribution in [0.2, 0.25) is 0 Å². The second-order valence-electron chi connectivity index (χ2n) is 6.01. The number of esters is 1. The van der Waals surface area contributed by atoms with Crippen LogP contribution in [0.15, 0.2) is 29.2 Å². The van der Waals surface area contributed by atoms with E-state index in [1.165, 1.54) is 24.3 Å². The third-order valence-electron chi connectivity index (χ3n) is 4.09. The van der Waals surface area contributed by atoms with Crippen molar-refractivity contribution in [3.05, 3.63) is 29.8 Å². The van der Waals surface area contributed by atoms with Crippen molar-refractivity contribution < 1.29 is 22.7 Å². The van der Waals surface area contributed by atoms with E-state index < -0.39 is 22.0 Å². The van der Waals surface area contributed by atoms with Gasteiger partial charge in [-0.05, 0) is 44.0 Å². The van der Waals surface area contributed by atoms with Gasteiger partial charge in [-0.3, -0.25) is 0 Å². The highest BCUT2D eigenvalue weighted by Crippen LogP contribution is 2.17. The largest absolute Gasteiger partial charge is 0.462 e. The van der Waals surface area contributed by atoms with Crippen LogP contribution in [0, 0.1) is 0 Å². The molecule has 0 unspecified atom stereocenters. The molecule has 0 atom stereocenters. The SMILES string of the molecule is CCOC(=O)c1ccc(S(=O)(=O)NC(=O)NC2CCCCCC2)cc1. The number of rotatable bonds is 5. The maximum atomic E-state index is 12.3. The minimum absolute atomic E-state index is 0.00360. The lowest BCUT2D eigenvalue weighted by molar-refractivity contribution is 0.0526. The molecule has 138 valence electrons. The van der Waals surface area contributed by atoms with Gasteiger partial charge in [-0.1, -0.05) is 25.7 Å². The van der Waals surface area contributed by atoms with Crippen molar-refractivity contribution in [3.8, 4) is 0 Å². The minimum Gasteiger partial charge on any atom is -0.462 e. The molecular formula is C17H24N2O5S. The standard InChI is InChI=1S/C17H24N2O5S/c1-2-24-16(20)13-9-11-15(12-10-13)25(22,23)19-17(21)18-14-7-5-3-4-6-8-14/h9-12,14H,2-8H2,1H3,(H2,18,19,21). The molecule has 2 N–H and O–H groups in total. The van der Waals surface area contributed by atoms with Crippen molar-refractivity contribution in [1.82, 2.24) is 10.0 Å². The molecule has 1 aliphatic rings. The van der Waals surface area contributed by atoms with E-state index in [9.17, 15) is 18.0 Å². The number of ether oxygens (including phenoxy) is 1. The van der Waals surface area contributed by atoms with E-state index in [1.54, 1.807) is 6.92 Å². The number of urea groups is 1. The molecule has 0 bridgehead atoms. The van der Waals surface area contributed by atoms with E-state index in [-0.39, 0.29) is 23.1 Å². The third kappa shape index (κ3) is 5.74. The molecule has 0 heterocycles. The monoisotopic (exact) mass is 368 g/mol. The number of hydrogen-bond donors (Lipinski definition) is 2. The Labute approximate surface area is 148 Å². The fourth-order valence-electron chi connectivity index (χ4n) is 2.80. The smallest absolute Gasteiger partial charge is 0.338 e. The highest BCUT2D eigenvalue weighted by molar-refractivity contribution is 7.90. The number of carbonyl (C=O) groups excluding carboxylic acids is 2. The number of carbonyl (C=O) groups is 2. The molecule has 1 aliphatic carbocycles. The third-order valence-corrected chi connectivity index (χ3v) is 5.44. The summed E-state index contributed by atoms with van der Waals surface area (Å²) in [5, 5.41) is 2.73. The highest BCUT2D eigenvalue weighted by Gasteiger charge is 2.21. The van der Waals surface area contributed by atoms with Gasteiger partial charge in [0.25, 0.3) is 10.0 Å². The van der Waals surface area contributed by atoms with E-state index in [0.29, 0.717) is 0 Å². The van der Waals surface area contributed by atoms with Crippen molar-refractivity contribution in [1.29, 1.82) is 0 Å². The summed E-state index contributed by atoms with van der Waals surface area (Å²) in [6.07, 6.45) is 6.08. The van der Waals surface area contributed by atoms with Crippen molar-refractivity contribution >= 4 is 22.0 Å². The zero-order valence-corrected chi connectivity index (χ0v) is 15.1. The fraction of sp³-hybridized carbons (Fsp3) is 0.529. The second-order valence-corrected chi connectivity index (χ2v) is 7.69. The molecule has 2 rings (SSSR count). The van der Waals surface area contributed by atoms with E-state index in [1.807, 2.05) is 4.72 Å². The Morgan fingerprint density at radius 3 is 2.24 bits per heavy atom. The van der Waals surface area contributed by atoms with Gasteiger partial charge in [-0.2, -0.15) is 0 Å². The number of sulfonamides is 1. The molecule has 1 fully saturated rings. The lowest BCUT2D eigenvalue weighted by Gasteiger charge is -2.16. The van der Waals surface area contributed by atoms with Crippen molar-refractivity contribution in [3.63, 3.8) is 0 Å². The average Bonchev–Trinajstić information content (AvgIpc) is 2.83. The summed E-state index contributed by atoms with van der Waals surface area (Å²) in [4.78, 5) is 23.5. The summed E-state index contributed by atoms with van der Waals surface area (Å²) in [7, 11) is -3.99. The Hall–Kier alpha value is -2.09. The molecule has 0 spiro atoms. The first-order valence-electron chi connectivity index (χ1n) is 8.53. The Balaban J connectivity index is 1.98. The molecular weight excluding hydrogens is 344 g/mol. The van der Waals surface area contributed by atoms with Crippen molar-refractivity contribution in [2.75, 3.05) is 6.61 Å². The minimum atomic E-state index is -3.99. The van der Waals surface area contributed by atoms with E-state index in [2.05, 4.69) is 5.32 Å². The first kappa shape index (κ1) is 19.2. The molecule has 0 aromatic heterocycles. The molecule has 0 radical (unpaired) electrons. The van der Waals surface area contributed by atoms with E-state index in [4.69, 9.17) is 4.74 Å². The first-order chi connectivity index (χ1) is 11.9. The van der Waals surface area contributed by atoms with Gasteiger partial charge in [0.1, 0.15) is 0 Å². The quantitative estimate of drug-likeness (QED) is 0.614. The first-order valence-corrected chi connectivity index (χ1v) is 10.0. The predicted molar refractivity (Wildman–Crippen MR) is 92.7 cm³/mol. The van der Waals surface area contributed by atoms with Crippen LogP contribution in [0.25, 0.3) is 0 Å². The normalized spacial score (nSPS) is 15.9. The van der Waals surface area contributed by atoms with Crippen LogP contribution in [0.5, 0.6) is 0 Å². The highest BCUT2D eigenvalue weighted by atomic mass is 32.2. The molecule has 1 aromatic rings. The topological polar surface area (TPSA) is 102 Å². The van der Waals surface area contributed by atoms with Crippen LogP contribution < -0.4 is 10.0 Å². The maximum absolute atomic E-state index is 12.3. The molecule has 0 aliphatic heterocycles. The van der Waals surface area contributed by atoms with Gasteiger partial charge < -0.3 is 10.1 Å². The molecule has 1 saturated carbocycles. The van der Waals surface area contributed by atoms with Crippen LogP contribution in [0.3, 0.4) is 0 Å². The second kappa shape index (κ2) is 8.84. The molecule has 2 amide bonds. The number of nitrogens with one attached hydrogen (secondary N) is 2. The summed E-state index contributed by atoms with van der Waals surface area (Å²) < 4.78 is 31.4. The Bertz CT molecular complexity index is 692. The van der Waals surface area contributed by atoms with Gasteiger partial charge in [-0.15, -0.1) is 0 Å². The van der Waals surface area contributed by atoms with Gasteiger partial charge in [0.05, 0.1) is 17.1 Å². The average molecular weight is 368 g/mol. The van der Waals surface area contributed by atoms with E-state index in [0.717, 1.165) is 38.5 Å². The Kier molecular flexibility index (Phi) is 6.81. The molecule has 1 aromatic carbocycles. The van der Waals surface area contributed by atoms with Gasteiger partial charge in [0, 0.05) is 6.04 Å². The lowest BCUT2D eigenvalue weighted by Crippen LogP contribution is -2.44. The zero-order valence-electron chi connectivity index (χ0n) is 14.3. The molecule has 8 heteroatoms. The summed E-state index contributed by atoms with van der Waals surface area (Å²) in [5.41, 5.74) is 0.253. The van der Waals surface area contributed by atoms with Gasteiger partial charge in [0.15, 0.2) is 0 Å². The molecule has 25 heavy (non-hydrogen) atoms. The van der Waals surface area contributed by atoms with Crippen molar-refractivity contribution in [2.24, 2.45) is 0 Å². The van der Waals surface area contributed by atoms with Crippen molar-refractivity contribution in [2.45, 2.75) is 56.4 Å². The summed E-state index contributed by atoms with van der Waals surface area (Å²) in [5.74, 6) is -0.523. The van der Waals surface area contributed by atoms with Crippen LogP contribution in [0.1, 0.15) is 55.8 Å². The maximum Gasteiger partial charge on any atom is 0.338 e. The fourth-order valence-corrected chi connectivity index (χ4v) is 3.72. The van der Waals surface area contributed by atoms with Crippen LogP contribution >= 0.6 is 0 Å². The number of amides is 2. The zero-order chi connectivity index (χ0) is 18.3. The summed E-state index contributed by atoms with van der Waals surface area (Å²) in [6, 6.07) is 4.54.